The van der Waals surface area contributed by atoms with Crippen LogP contribution in [0.1, 0.15) is 53.9 Å². The summed E-state index contributed by atoms with van der Waals surface area (Å²) in [6.07, 6.45) is 6.53. The number of benzene rings is 2. The molecule has 1 unspecified atom stereocenters. The molecule has 2 N–H and O–H groups in total. The predicted octanol–water partition coefficient (Wildman–Crippen LogP) is 5.69. The van der Waals surface area contributed by atoms with Crippen molar-refractivity contribution in [3.05, 3.63) is 69.7 Å². The molecule has 2 aromatic rings. The number of hydrogen-bond donors (Lipinski definition) is 2. The standard InChI is InChI=1S/C24H28Cl2N2O2S/c1-31-14-13-22(28-23(29)20-12-9-18(25)15-21(20)26)24(30)27-19-10-7-17(8-11-19)16-5-3-2-4-6-16/h2-6,9,12,15,17,19,22H,7-8,10-11,13-14H2,1H3,(H,27,30)(H,28,29). The zero-order valence-corrected chi connectivity index (χ0v) is 19.9. The van der Waals surface area contributed by atoms with Crippen LogP contribution in [-0.2, 0) is 4.79 Å². The molecule has 0 spiro atoms. The van der Waals surface area contributed by atoms with Gasteiger partial charge in [0.25, 0.3) is 5.91 Å². The summed E-state index contributed by atoms with van der Waals surface area (Å²) in [4.78, 5) is 25.7. The summed E-state index contributed by atoms with van der Waals surface area (Å²) in [5, 5.41) is 6.76. The highest BCUT2D eigenvalue weighted by Crippen LogP contribution is 2.32. The Morgan fingerprint density at radius 2 is 1.77 bits per heavy atom. The van der Waals surface area contributed by atoms with Crippen LogP contribution in [0.15, 0.2) is 48.5 Å². The van der Waals surface area contributed by atoms with Gasteiger partial charge in [0.2, 0.25) is 5.91 Å². The lowest BCUT2D eigenvalue weighted by Crippen LogP contribution is -2.50. The first kappa shape index (κ1) is 24.0. The Kier molecular flexibility index (Phi) is 9.12. The maximum Gasteiger partial charge on any atom is 0.253 e. The number of halogens is 2. The summed E-state index contributed by atoms with van der Waals surface area (Å²) in [7, 11) is 0. The van der Waals surface area contributed by atoms with E-state index in [4.69, 9.17) is 23.2 Å². The molecule has 2 amide bonds. The molecule has 1 fully saturated rings. The summed E-state index contributed by atoms with van der Waals surface area (Å²) < 4.78 is 0. The van der Waals surface area contributed by atoms with Crippen LogP contribution in [0.4, 0.5) is 0 Å². The van der Waals surface area contributed by atoms with Crippen LogP contribution < -0.4 is 10.6 Å². The summed E-state index contributed by atoms with van der Waals surface area (Å²) >= 11 is 13.7. The molecule has 166 valence electrons. The van der Waals surface area contributed by atoms with Gasteiger partial charge in [-0.15, -0.1) is 0 Å². The summed E-state index contributed by atoms with van der Waals surface area (Å²) in [6, 6.07) is 14.8. The fraction of sp³-hybridized carbons (Fsp3) is 0.417. The van der Waals surface area contributed by atoms with Gasteiger partial charge in [0.15, 0.2) is 0 Å². The maximum absolute atomic E-state index is 13.0. The molecular formula is C24H28Cl2N2O2S. The smallest absolute Gasteiger partial charge is 0.253 e. The molecular weight excluding hydrogens is 451 g/mol. The number of carbonyl (C=O) groups is 2. The van der Waals surface area contributed by atoms with E-state index < -0.39 is 6.04 Å². The quantitative estimate of drug-likeness (QED) is 0.512. The van der Waals surface area contributed by atoms with E-state index >= 15 is 0 Å². The number of hydrogen-bond acceptors (Lipinski definition) is 3. The second-order valence-electron chi connectivity index (χ2n) is 7.90. The van der Waals surface area contributed by atoms with Crippen molar-refractivity contribution in [3.8, 4) is 0 Å². The molecule has 3 rings (SSSR count). The Hall–Kier alpha value is -1.69. The van der Waals surface area contributed by atoms with Crippen LogP contribution in [0.25, 0.3) is 0 Å². The number of amides is 2. The number of nitrogens with one attached hydrogen (secondary N) is 2. The van der Waals surface area contributed by atoms with Crippen LogP contribution in [0.5, 0.6) is 0 Å². The van der Waals surface area contributed by atoms with E-state index in [0.717, 1.165) is 31.4 Å². The molecule has 7 heteroatoms. The molecule has 0 bridgehead atoms. The minimum absolute atomic E-state index is 0.129. The van der Waals surface area contributed by atoms with E-state index in [1.165, 1.54) is 11.6 Å². The van der Waals surface area contributed by atoms with Crippen molar-refractivity contribution >= 4 is 46.8 Å². The van der Waals surface area contributed by atoms with Gasteiger partial charge in [0.05, 0.1) is 10.6 Å². The molecule has 0 heterocycles. The van der Waals surface area contributed by atoms with E-state index in [0.29, 0.717) is 22.9 Å². The van der Waals surface area contributed by atoms with Gasteiger partial charge in [-0.05, 0) is 73.8 Å². The molecule has 4 nitrogen and oxygen atoms in total. The molecule has 1 aliphatic rings. The van der Waals surface area contributed by atoms with E-state index in [1.54, 1.807) is 23.9 Å². The average Bonchev–Trinajstić information content (AvgIpc) is 2.77. The minimum Gasteiger partial charge on any atom is -0.352 e. The second-order valence-corrected chi connectivity index (χ2v) is 9.73. The highest BCUT2D eigenvalue weighted by Gasteiger charge is 2.27. The zero-order valence-electron chi connectivity index (χ0n) is 17.6. The van der Waals surface area contributed by atoms with Crippen molar-refractivity contribution in [1.82, 2.24) is 10.6 Å². The van der Waals surface area contributed by atoms with Gasteiger partial charge in [-0.2, -0.15) is 11.8 Å². The largest absolute Gasteiger partial charge is 0.352 e. The highest BCUT2D eigenvalue weighted by molar-refractivity contribution is 7.98. The molecule has 31 heavy (non-hydrogen) atoms. The Labute approximate surface area is 198 Å². The van der Waals surface area contributed by atoms with Crippen molar-refractivity contribution < 1.29 is 9.59 Å². The molecule has 0 radical (unpaired) electrons. The maximum atomic E-state index is 13.0. The topological polar surface area (TPSA) is 58.2 Å². The fourth-order valence-electron chi connectivity index (χ4n) is 4.01. The lowest BCUT2D eigenvalue weighted by atomic mass is 9.81. The second kappa shape index (κ2) is 11.8. The van der Waals surface area contributed by atoms with Gasteiger partial charge in [-0.1, -0.05) is 53.5 Å². The normalized spacial score (nSPS) is 19.5. The Bertz CT molecular complexity index is 886. The Morgan fingerprint density at radius 3 is 2.42 bits per heavy atom. The third-order valence-corrected chi connectivity index (χ3v) is 6.94. The molecule has 0 aromatic heterocycles. The first-order valence-electron chi connectivity index (χ1n) is 10.6. The van der Waals surface area contributed by atoms with Gasteiger partial charge >= 0.3 is 0 Å². The van der Waals surface area contributed by atoms with Crippen LogP contribution in [-0.4, -0.2) is 35.9 Å². The Balaban J connectivity index is 1.57. The van der Waals surface area contributed by atoms with E-state index in [-0.39, 0.29) is 22.9 Å². The third kappa shape index (κ3) is 6.90. The zero-order chi connectivity index (χ0) is 22.2. The van der Waals surface area contributed by atoms with Gasteiger partial charge in [-0.25, -0.2) is 0 Å². The van der Waals surface area contributed by atoms with Gasteiger partial charge in [0, 0.05) is 11.1 Å². The lowest BCUT2D eigenvalue weighted by molar-refractivity contribution is -0.124. The van der Waals surface area contributed by atoms with Gasteiger partial charge < -0.3 is 10.6 Å². The SMILES string of the molecule is CSCCC(NC(=O)c1ccc(Cl)cc1Cl)C(=O)NC1CCC(c2ccccc2)CC1. The van der Waals surface area contributed by atoms with Gasteiger partial charge in [-0.3, -0.25) is 9.59 Å². The fourth-order valence-corrected chi connectivity index (χ4v) is 4.98. The van der Waals surface area contributed by atoms with Crippen molar-refractivity contribution in [2.75, 3.05) is 12.0 Å². The van der Waals surface area contributed by atoms with Crippen LogP contribution in [0, 0.1) is 0 Å². The van der Waals surface area contributed by atoms with Gasteiger partial charge in [0.1, 0.15) is 6.04 Å². The molecule has 1 saturated carbocycles. The summed E-state index contributed by atoms with van der Waals surface area (Å²) in [5.41, 5.74) is 1.69. The van der Waals surface area contributed by atoms with Crippen LogP contribution in [0.2, 0.25) is 10.0 Å². The van der Waals surface area contributed by atoms with Crippen LogP contribution in [0.3, 0.4) is 0 Å². The first-order chi connectivity index (χ1) is 15.0. The van der Waals surface area contributed by atoms with E-state index in [2.05, 4.69) is 34.9 Å². The molecule has 1 aliphatic carbocycles. The molecule has 0 saturated heterocycles. The van der Waals surface area contributed by atoms with E-state index in [9.17, 15) is 9.59 Å². The number of rotatable bonds is 8. The lowest BCUT2D eigenvalue weighted by Gasteiger charge is -2.30. The average molecular weight is 479 g/mol. The highest BCUT2D eigenvalue weighted by atomic mass is 35.5. The van der Waals surface area contributed by atoms with Crippen molar-refractivity contribution in [2.24, 2.45) is 0 Å². The summed E-state index contributed by atoms with van der Waals surface area (Å²) in [5.74, 6) is 0.827. The predicted molar refractivity (Wildman–Crippen MR) is 130 cm³/mol. The molecule has 2 aromatic carbocycles. The Morgan fingerprint density at radius 1 is 1.06 bits per heavy atom. The van der Waals surface area contributed by atoms with Crippen LogP contribution >= 0.6 is 35.0 Å². The van der Waals surface area contributed by atoms with Crippen molar-refractivity contribution in [3.63, 3.8) is 0 Å². The summed E-state index contributed by atoms with van der Waals surface area (Å²) in [6.45, 7) is 0. The monoisotopic (exact) mass is 478 g/mol. The number of carbonyl (C=O) groups excluding carboxylic acids is 2. The number of thioether (sulfide) groups is 1. The van der Waals surface area contributed by atoms with E-state index in [1.807, 2.05) is 12.3 Å². The van der Waals surface area contributed by atoms with Crippen molar-refractivity contribution in [1.29, 1.82) is 0 Å². The third-order valence-electron chi connectivity index (χ3n) is 5.75. The molecule has 0 aliphatic heterocycles. The van der Waals surface area contributed by atoms with Crippen molar-refractivity contribution in [2.45, 2.75) is 50.1 Å². The molecule has 1 atom stereocenters. The first-order valence-corrected chi connectivity index (χ1v) is 12.7. The minimum atomic E-state index is -0.599.